The third kappa shape index (κ3) is 3.76. The van der Waals surface area contributed by atoms with E-state index in [2.05, 4.69) is 21.4 Å². The predicted octanol–water partition coefficient (Wildman–Crippen LogP) is 2.60. The number of nitrogens with zero attached hydrogens (tertiary/aromatic N) is 4. The van der Waals surface area contributed by atoms with Crippen molar-refractivity contribution >= 4 is 0 Å². The SMILES string of the molecule is Cc1cc(C(C#N)NCCN=[N+]=[N-])ccc1F. The number of aryl methyl sites for hydroxylation is 1. The highest BCUT2D eigenvalue weighted by Crippen LogP contribution is 2.15. The van der Waals surface area contributed by atoms with Crippen LogP contribution in [0.2, 0.25) is 0 Å². The van der Waals surface area contributed by atoms with Crippen molar-refractivity contribution in [2.24, 2.45) is 5.11 Å². The summed E-state index contributed by atoms with van der Waals surface area (Å²) in [5.41, 5.74) is 9.30. The van der Waals surface area contributed by atoms with Crippen LogP contribution >= 0.6 is 0 Å². The zero-order chi connectivity index (χ0) is 12.7. The van der Waals surface area contributed by atoms with E-state index >= 15 is 0 Å². The first-order valence-corrected chi connectivity index (χ1v) is 5.09. The molecule has 1 aromatic rings. The van der Waals surface area contributed by atoms with Crippen LogP contribution in [0, 0.1) is 24.1 Å². The van der Waals surface area contributed by atoms with Crippen LogP contribution in [0.5, 0.6) is 0 Å². The lowest BCUT2D eigenvalue weighted by Gasteiger charge is -2.11. The van der Waals surface area contributed by atoms with E-state index < -0.39 is 6.04 Å². The molecule has 5 nitrogen and oxygen atoms in total. The van der Waals surface area contributed by atoms with Crippen LogP contribution in [-0.2, 0) is 0 Å². The Hall–Kier alpha value is -2.09. The standard InChI is InChI=1S/C11H12FN5/c1-8-6-9(2-3-10(8)12)11(7-13)15-4-5-16-17-14/h2-3,6,11,15H,4-5H2,1H3. The second-order valence-corrected chi connectivity index (χ2v) is 3.48. The molecule has 0 aliphatic rings. The van der Waals surface area contributed by atoms with Gasteiger partial charge in [0.2, 0.25) is 0 Å². The van der Waals surface area contributed by atoms with Gasteiger partial charge in [-0.05, 0) is 29.6 Å². The average molecular weight is 233 g/mol. The fourth-order valence-electron chi connectivity index (χ4n) is 1.39. The Morgan fingerprint density at radius 1 is 1.65 bits per heavy atom. The zero-order valence-corrected chi connectivity index (χ0v) is 9.39. The molecule has 1 aromatic carbocycles. The maximum atomic E-state index is 13.1. The van der Waals surface area contributed by atoms with Gasteiger partial charge in [0, 0.05) is 18.0 Å². The molecule has 1 unspecified atom stereocenters. The number of halogens is 1. The molecule has 0 aliphatic carbocycles. The van der Waals surface area contributed by atoms with Crippen molar-refractivity contribution in [3.63, 3.8) is 0 Å². The number of benzene rings is 1. The minimum Gasteiger partial charge on any atom is -0.298 e. The lowest BCUT2D eigenvalue weighted by molar-refractivity contribution is 0.609. The van der Waals surface area contributed by atoms with Gasteiger partial charge in [0.05, 0.1) is 6.07 Å². The molecule has 0 amide bonds. The largest absolute Gasteiger partial charge is 0.298 e. The molecule has 1 atom stereocenters. The Balaban J connectivity index is 2.70. The third-order valence-electron chi connectivity index (χ3n) is 2.27. The number of hydrogen-bond acceptors (Lipinski definition) is 3. The molecule has 17 heavy (non-hydrogen) atoms. The van der Waals surface area contributed by atoms with E-state index in [1.165, 1.54) is 6.07 Å². The van der Waals surface area contributed by atoms with Crippen LogP contribution in [0.1, 0.15) is 17.2 Å². The van der Waals surface area contributed by atoms with Crippen LogP contribution in [-0.4, -0.2) is 13.1 Å². The first kappa shape index (κ1) is 13.0. The van der Waals surface area contributed by atoms with E-state index in [1.54, 1.807) is 19.1 Å². The molecule has 0 spiro atoms. The fourth-order valence-corrected chi connectivity index (χ4v) is 1.39. The molecule has 0 bridgehead atoms. The van der Waals surface area contributed by atoms with E-state index in [1.807, 2.05) is 0 Å². The topological polar surface area (TPSA) is 84.6 Å². The van der Waals surface area contributed by atoms with E-state index in [0.717, 1.165) is 0 Å². The molecule has 1 rings (SSSR count). The molecule has 0 saturated heterocycles. The number of hydrogen-bond donors (Lipinski definition) is 1. The summed E-state index contributed by atoms with van der Waals surface area (Å²) in [5, 5.41) is 15.3. The van der Waals surface area contributed by atoms with E-state index in [4.69, 9.17) is 10.8 Å². The van der Waals surface area contributed by atoms with E-state index in [9.17, 15) is 4.39 Å². The van der Waals surface area contributed by atoms with Gasteiger partial charge in [-0.3, -0.25) is 5.32 Å². The Kier molecular flexibility index (Phi) is 4.95. The van der Waals surface area contributed by atoms with E-state index in [-0.39, 0.29) is 12.4 Å². The van der Waals surface area contributed by atoms with Crippen LogP contribution in [0.4, 0.5) is 4.39 Å². The van der Waals surface area contributed by atoms with Crippen molar-refractivity contribution in [1.82, 2.24) is 5.32 Å². The number of rotatable bonds is 5. The van der Waals surface area contributed by atoms with Gasteiger partial charge >= 0.3 is 0 Å². The van der Waals surface area contributed by atoms with Crippen LogP contribution in [0.3, 0.4) is 0 Å². The monoisotopic (exact) mass is 233 g/mol. The molecular weight excluding hydrogens is 221 g/mol. The summed E-state index contributed by atoms with van der Waals surface area (Å²) < 4.78 is 13.1. The second kappa shape index (κ2) is 6.48. The van der Waals surface area contributed by atoms with Gasteiger partial charge in [0.25, 0.3) is 0 Å². The predicted molar refractivity (Wildman–Crippen MR) is 61.5 cm³/mol. The zero-order valence-electron chi connectivity index (χ0n) is 9.39. The summed E-state index contributed by atoms with van der Waals surface area (Å²) in [7, 11) is 0. The highest BCUT2D eigenvalue weighted by Gasteiger charge is 2.10. The lowest BCUT2D eigenvalue weighted by atomic mass is 10.1. The number of nitriles is 1. The Morgan fingerprint density at radius 3 is 3.00 bits per heavy atom. The summed E-state index contributed by atoms with van der Waals surface area (Å²) >= 11 is 0. The van der Waals surface area contributed by atoms with Gasteiger partial charge in [0.15, 0.2) is 0 Å². The summed E-state index contributed by atoms with van der Waals surface area (Å²) in [5.74, 6) is -0.292. The van der Waals surface area contributed by atoms with Gasteiger partial charge in [-0.1, -0.05) is 17.2 Å². The second-order valence-electron chi connectivity index (χ2n) is 3.48. The van der Waals surface area contributed by atoms with Crippen molar-refractivity contribution in [1.29, 1.82) is 5.26 Å². The summed E-state index contributed by atoms with van der Waals surface area (Å²) in [6, 6.07) is 6.08. The highest BCUT2D eigenvalue weighted by atomic mass is 19.1. The van der Waals surface area contributed by atoms with Crippen molar-refractivity contribution < 1.29 is 4.39 Å². The van der Waals surface area contributed by atoms with Crippen molar-refractivity contribution in [2.45, 2.75) is 13.0 Å². The Morgan fingerprint density at radius 2 is 2.41 bits per heavy atom. The van der Waals surface area contributed by atoms with Crippen LogP contribution in [0.25, 0.3) is 10.4 Å². The Bertz CT molecular complexity index is 473. The minimum absolute atomic E-state index is 0.273. The molecule has 88 valence electrons. The van der Waals surface area contributed by atoms with Gasteiger partial charge in [0.1, 0.15) is 11.9 Å². The van der Waals surface area contributed by atoms with Crippen LogP contribution < -0.4 is 5.32 Å². The highest BCUT2D eigenvalue weighted by molar-refractivity contribution is 5.29. The molecule has 0 fully saturated rings. The molecule has 0 heterocycles. The lowest BCUT2D eigenvalue weighted by Crippen LogP contribution is -2.22. The van der Waals surface area contributed by atoms with Crippen molar-refractivity contribution in [2.75, 3.05) is 13.1 Å². The van der Waals surface area contributed by atoms with Gasteiger partial charge in [-0.15, -0.1) is 0 Å². The number of azide groups is 1. The summed E-state index contributed by atoms with van der Waals surface area (Å²) in [4.78, 5) is 2.61. The summed E-state index contributed by atoms with van der Waals surface area (Å²) in [6.07, 6.45) is 0. The van der Waals surface area contributed by atoms with Crippen molar-refractivity contribution in [3.8, 4) is 6.07 Å². The van der Waals surface area contributed by atoms with Gasteiger partial charge < -0.3 is 0 Å². The average Bonchev–Trinajstić information content (AvgIpc) is 2.33. The van der Waals surface area contributed by atoms with Gasteiger partial charge in [-0.2, -0.15) is 5.26 Å². The molecular formula is C11H12FN5. The molecule has 0 aromatic heterocycles. The van der Waals surface area contributed by atoms with Gasteiger partial charge in [-0.25, -0.2) is 4.39 Å². The third-order valence-corrected chi connectivity index (χ3v) is 2.27. The molecule has 0 radical (unpaired) electrons. The van der Waals surface area contributed by atoms with Crippen molar-refractivity contribution in [3.05, 3.63) is 45.6 Å². The smallest absolute Gasteiger partial charge is 0.126 e. The number of nitrogens with one attached hydrogen (secondary N) is 1. The van der Waals surface area contributed by atoms with E-state index in [0.29, 0.717) is 17.7 Å². The molecule has 1 N–H and O–H groups in total. The fraction of sp³-hybridized carbons (Fsp3) is 0.364. The maximum absolute atomic E-state index is 13.1. The quantitative estimate of drug-likeness (QED) is 0.367. The molecule has 6 heteroatoms. The maximum Gasteiger partial charge on any atom is 0.126 e. The van der Waals surface area contributed by atoms with Crippen LogP contribution in [0.15, 0.2) is 23.3 Å². The first-order chi connectivity index (χ1) is 8.19. The first-order valence-electron chi connectivity index (χ1n) is 5.09. The minimum atomic E-state index is -0.525. The Labute approximate surface area is 98.5 Å². The molecule has 0 saturated carbocycles. The molecule has 0 aliphatic heterocycles. The summed E-state index contributed by atoms with van der Waals surface area (Å²) in [6.45, 7) is 2.32. The normalized spacial score (nSPS) is 11.4.